The number of Topliss-reactive ketones (excluding diaryl/α,β-unsaturated/α-hetero) is 1. The Morgan fingerprint density at radius 1 is 1.43 bits per heavy atom. The van der Waals surface area contributed by atoms with Crippen molar-refractivity contribution in [3.8, 4) is 0 Å². The summed E-state index contributed by atoms with van der Waals surface area (Å²) in [5.74, 6) is 0.0268. The van der Waals surface area contributed by atoms with Crippen LogP contribution in [-0.4, -0.2) is 15.8 Å². The molecule has 1 rings (SSSR count). The highest BCUT2D eigenvalue weighted by Gasteiger charge is 2.07. The first-order valence-corrected chi connectivity index (χ1v) is 5.05. The van der Waals surface area contributed by atoms with E-state index in [0.717, 1.165) is 18.4 Å². The van der Waals surface area contributed by atoms with Crippen molar-refractivity contribution in [1.29, 1.82) is 0 Å². The van der Waals surface area contributed by atoms with E-state index in [-0.39, 0.29) is 5.78 Å². The molecule has 0 aliphatic rings. The fourth-order valence-electron chi connectivity index (χ4n) is 1.42. The van der Waals surface area contributed by atoms with Crippen LogP contribution in [0.1, 0.15) is 49.2 Å². The second kappa shape index (κ2) is 5.47. The normalized spacial score (nSPS) is 10.1. The second-order valence-corrected chi connectivity index (χ2v) is 3.41. The van der Waals surface area contributed by atoms with E-state index >= 15 is 0 Å². The lowest BCUT2D eigenvalue weighted by Gasteiger charge is -2.03. The van der Waals surface area contributed by atoms with Gasteiger partial charge in [-0.3, -0.25) is 4.79 Å². The Kier molecular flexibility index (Phi) is 4.23. The van der Waals surface area contributed by atoms with Crippen molar-refractivity contribution in [2.24, 2.45) is 0 Å². The molecule has 0 saturated carbocycles. The molecule has 1 aromatic heterocycles. The van der Waals surface area contributed by atoms with Crippen LogP contribution in [0.4, 0.5) is 0 Å². The summed E-state index contributed by atoms with van der Waals surface area (Å²) >= 11 is 0. The van der Waals surface area contributed by atoms with Crippen molar-refractivity contribution in [3.05, 3.63) is 23.8 Å². The minimum absolute atomic E-state index is 0.0268. The Labute approximate surface area is 84.6 Å². The number of carbonyl (C=O) groups excluding carboxylic acids is 1. The lowest BCUT2D eigenvalue weighted by atomic mass is 10.1. The zero-order valence-corrected chi connectivity index (χ0v) is 8.79. The molecule has 3 heteroatoms. The van der Waals surface area contributed by atoms with Crippen molar-refractivity contribution < 1.29 is 4.79 Å². The second-order valence-electron chi connectivity index (χ2n) is 3.41. The summed E-state index contributed by atoms with van der Waals surface area (Å²) in [6.45, 7) is 3.71. The molecule has 0 amide bonds. The number of nitrogens with zero attached hydrogens (tertiary/aromatic N) is 2. The molecule has 0 atom stereocenters. The van der Waals surface area contributed by atoms with Crippen LogP contribution >= 0.6 is 0 Å². The molecule has 0 radical (unpaired) electrons. The van der Waals surface area contributed by atoms with Crippen LogP contribution in [-0.2, 0) is 6.42 Å². The molecular formula is C11H16N2O. The summed E-state index contributed by atoms with van der Waals surface area (Å²) < 4.78 is 0. The van der Waals surface area contributed by atoms with E-state index in [0.29, 0.717) is 5.69 Å². The SMILES string of the molecule is CCCCCc1cncnc1C(C)=O. The average Bonchev–Trinajstić information content (AvgIpc) is 2.19. The minimum atomic E-state index is 0.0268. The number of hydrogen-bond acceptors (Lipinski definition) is 3. The van der Waals surface area contributed by atoms with Gasteiger partial charge in [-0.1, -0.05) is 19.8 Å². The van der Waals surface area contributed by atoms with Gasteiger partial charge in [0.2, 0.25) is 0 Å². The molecule has 0 fully saturated rings. The number of ketones is 1. The van der Waals surface area contributed by atoms with Crippen LogP contribution in [0.15, 0.2) is 12.5 Å². The molecule has 1 aromatic rings. The van der Waals surface area contributed by atoms with E-state index in [1.165, 1.54) is 19.2 Å². The van der Waals surface area contributed by atoms with Gasteiger partial charge in [0.25, 0.3) is 0 Å². The van der Waals surface area contributed by atoms with E-state index in [1.54, 1.807) is 13.1 Å². The lowest BCUT2D eigenvalue weighted by Crippen LogP contribution is -2.03. The number of carbonyl (C=O) groups is 1. The highest BCUT2D eigenvalue weighted by atomic mass is 16.1. The van der Waals surface area contributed by atoms with Crippen molar-refractivity contribution in [2.45, 2.75) is 39.5 Å². The molecule has 0 bridgehead atoms. The maximum atomic E-state index is 11.2. The van der Waals surface area contributed by atoms with Gasteiger partial charge in [0.15, 0.2) is 5.78 Å². The van der Waals surface area contributed by atoms with Gasteiger partial charge in [-0.25, -0.2) is 9.97 Å². The quantitative estimate of drug-likeness (QED) is 0.531. The fourth-order valence-corrected chi connectivity index (χ4v) is 1.42. The summed E-state index contributed by atoms with van der Waals surface area (Å²) in [6.07, 6.45) is 7.56. The average molecular weight is 192 g/mol. The van der Waals surface area contributed by atoms with Crippen LogP contribution in [0.3, 0.4) is 0 Å². The largest absolute Gasteiger partial charge is 0.293 e. The van der Waals surface area contributed by atoms with E-state index < -0.39 is 0 Å². The highest BCUT2D eigenvalue weighted by molar-refractivity contribution is 5.93. The Balaban J connectivity index is 2.69. The highest BCUT2D eigenvalue weighted by Crippen LogP contribution is 2.09. The smallest absolute Gasteiger partial charge is 0.178 e. The van der Waals surface area contributed by atoms with Gasteiger partial charge < -0.3 is 0 Å². The third-order valence-corrected chi connectivity index (χ3v) is 2.17. The van der Waals surface area contributed by atoms with Gasteiger partial charge in [0.05, 0.1) is 0 Å². The predicted molar refractivity (Wildman–Crippen MR) is 55.3 cm³/mol. The molecule has 0 unspecified atom stereocenters. The van der Waals surface area contributed by atoms with Gasteiger partial charge >= 0.3 is 0 Å². The van der Waals surface area contributed by atoms with E-state index in [2.05, 4.69) is 16.9 Å². The van der Waals surface area contributed by atoms with Gasteiger partial charge in [-0.05, 0) is 18.4 Å². The Morgan fingerprint density at radius 2 is 2.21 bits per heavy atom. The van der Waals surface area contributed by atoms with E-state index in [9.17, 15) is 4.79 Å². The predicted octanol–water partition coefficient (Wildman–Crippen LogP) is 2.41. The number of hydrogen-bond donors (Lipinski definition) is 0. The van der Waals surface area contributed by atoms with Gasteiger partial charge in [-0.2, -0.15) is 0 Å². The molecule has 0 aromatic carbocycles. The monoisotopic (exact) mass is 192 g/mol. The van der Waals surface area contributed by atoms with E-state index in [4.69, 9.17) is 0 Å². The van der Waals surface area contributed by atoms with Crippen molar-refractivity contribution in [1.82, 2.24) is 9.97 Å². The van der Waals surface area contributed by atoms with Crippen LogP contribution in [0, 0.1) is 0 Å². The molecule has 0 aliphatic heterocycles. The summed E-state index contributed by atoms with van der Waals surface area (Å²) in [5.41, 5.74) is 1.56. The Morgan fingerprint density at radius 3 is 2.86 bits per heavy atom. The topological polar surface area (TPSA) is 42.9 Å². The Hall–Kier alpha value is -1.25. The molecule has 0 saturated heterocycles. The number of unbranched alkanes of at least 4 members (excludes halogenated alkanes) is 2. The first-order valence-electron chi connectivity index (χ1n) is 5.05. The first kappa shape index (κ1) is 10.8. The molecule has 14 heavy (non-hydrogen) atoms. The molecule has 0 spiro atoms. The standard InChI is InChI=1S/C11H16N2O/c1-3-4-5-6-10-7-12-8-13-11(10)9(2)14/h7-8H,3-6H2,1-2H3. The molecule has 76 valence electrons. The summed E-state index contributed by atoms with van der Waals surface area (Å²) in [5, 5.41) is 0. The van der Waals surface area contributed by atoms with Crippen molar-refractivity contribution >= 4 is 5.78 Å². The lowest BCUT2D eigenvalue weighted by molar-refractivity contribution is 0.101. The zero-order chi connectivity index (χ0) is 10.4. The Bertz CT molecular complexity index is 310. The summed E-state index contributed by atoms with van der Waals surface area (Å²) in [7, 11) is 0. The molecule has 0 N–H and O–H groups in total. The molecule has 0 aliphatic carbocycles. The number of aryl methyl sites for hydroxylation is 1. The maximum absolute atomic E-state index is 11.2. The van der Waals surface area contributed by atoms with Gasteiger partial charge in [0, 0.05) is 13.1 Å². The number of rotatable bonds is 5. The number of aromatic nitrogens is 2. The molecular weight excluding hydrogens is 176 g/mol. The van der Waals surface area contributed by atoms with Crippen molar-refractivity contribution in [3.63, 3.8) is 0 Å². The molecule has 1 heterocycles. The van der Waals surface area contributed by atoms with E-state index in [1.807, 2.05) is 0 Å². The van der Waals surface area contributed by atoms with Gasteiger partial charge in [-0.15, -0.1) is 0 Å². The summed E-state index contributed by atoms with van der Waals surface area (Å²) in [6, 6.07) is 0. The zero-order valence-electron chi connectivity index (χ0n) is 8.79. The third kappa shape index (κ3) is 2.91. The minimum Gasteiger partial charge on any atom is -0.293 e. The fraction of sp³-hybridized carbons (Fsp3) is 0.545. The maximum Gasteiger partial charge on any atom is 0.178 e. The van der Waals surface area contributed by atoms with Crippen molar-refractivity contribution in [2.75, 3.05) is 0 Å². The van der Waals surface area contributed by atoms with Gasteiger partial charge in [0.1, 0.15) is 12.0 Å². The summed E-state index contributed by atoms with van der Waals surface area (Å²) in [4.78, 5) is 19.1. The van der Waals surface area contributed by atoms with Crippen LogP contribution in [0.25, 0.3) is 0 Å². The first-order chi connectivity index (χ1) is 6.75. The molecule has 3 nitrogen and oxygen atoms in total. The van der Waals surface area contributed by atoms with Crippen LogP contribution < -0.4 is 0 Å². The third-order valence-electron chi connectivity index (χ3n) is 2.17. The van der Waals surface area contributed by atoms with Crippen LogP contribution in [0.5, 0.6) is 0 Å². The van der Waals surface area contributed by atoms with Crippen LogP contribution in [0.2, 0.25) is 0 Å².